The summed E-state index contributed by atoms with van der Waals surface area (Å²) in [4.78, 5) is 4.10. The van der Waals surface area contributed by atoms with Gasteiger partial charge in [-0.15, -0.1) is 0 Å². The number of hydrogen-bond acceptors (Lipinski definition) is 4. The zero-order chi connectivity index (χ0) is 14.1. The van der Waals surface area contributed by atoms with Crippen LogP contribution in [0.25, 0.3) is 10.8 Å². The van der Waals surface area contributed by atoms with Gasteiger partial charge in [0.25, 0.3) is 0 Å². The van der Waals surface area contributed by atoms with Crippen LogP contribution in [0.1, 0.15) is 0 Å². The Morgan fingerprint density at radius 1 is 1.10 bits per heavy atom. The molecule has 5 heteroatoms. The highest BCUT2D eigenvalue weighted by molar-refractivity contribution is 5.88. The summed E-state index contributed by atoms with van der Waals surface area (Å²) in [6.07, 6.45) is 1.57. The van der Waals surface area contributed by atoms with Crippen molar-refractivity contribution in [2.75, 3.05) is 5.73 Å². The van der Waals surface area contributed by atoms with Crippen LogP contribution >= 0.6 is 0 Å². The maximum Gasteiger partial charge on any atom is 0.227 e. The van der Waals surface area contributed by atoms with E-state index in [1.807, 2.05) is 0 Å². The molecular formula is C15H11FN2O2. The highest BCUT2D eigenvalue weighted by Gasteiger charge is 2.09. The van der Waals surface area contributed by atoms with E-state index in [1.54, 1.807) is 24.4 Å². The molecule has 1 aromatic heterocycles. The molecule has 0 radical (unpaired) electrons. The van der Waals surface area contributed by atoms with Crippen molar-refractivity contribution in [1.82, 2.24) is 4.98 Å². The molecule has 0 unspecified atom stereocenters. The highest BCUT2D eigenvalue weighted by atomic mass is 19.1. The lowest BCUT2D eigenvalue weighted by Crippen LogP contribution is -1.95. The van der Waals surface area contributed by atoms with E-state index < -0.39 is 5.82 Å². The average molecular weight is 270 g/mol. The molecule has 4 nitrogen and oxygen atoms in total. The normalized spacial score (nSPS) is 10.7. The minimum atomic E-state index is -0.447. The molecule has 0 aliphatic carbocycles. The Hall–Kier alpha value is -2.82. The van der Waals surface area contributed by atoms with Crippen LogP contribution in [0.2, 0.25) is 0 Å². The molecule has 20 heavy (non-hydrogen) atoms. The molecule has 0 aliphatic heterocycles. The van der Waals surface area contributed by atoms with E-state index in [2.05, 4.69) is 4.98 Å². The van der Waals surface area contributed by atoms with E-state index in [4.69, 9.17) is 10.5 Å². The largest absolute Gasteiger partial charge is 0.508 e. The van der Waals surface area contributed by atoms with Crippen LogP contribution < -0.4 is 10.5 Å². The summed E-state index contributed by atoms with van der Waals surface area (Å²) in [5.74, 6) is 0.101. The summed E-state index contributed by atoms with van der Waals surface area (Å²) in [5.41, 5.74) is 6.05. The second-order valence-corrected chi connectivity index (χ2v) is 4.31. The van der Waals surface area contributed by atoms with E-state index >= 15 is 0 Å². The number of fused-ring (bicyclic) bond motifs is 1. The topological polar surface area (TPSA) is 68.4 Å². The summed E-state index contributed by atoms with van der Waals surface area (Å²) in [5, 5.41) is 11.0. The molecule has 1 heterocycles. The monoisotopic (exact) mass is 270 g/mol. The highest BCUT2D eigenvalue weighted by Crippen LogP contribution is 2.32. The summed E-state index contributed by atoms with van der Waals surface area (Å²) < 4.78 is 18.8. The molecule has 0 saturated heterocycles. The molecular weight excluding hydrogens is 259 g/mol. The van der Waals surface area contributed by atoms with Crippen LogP contribution in [-0.2, 0) is 0 Å². The summed E-state index contributed by atoms with van der Waals surface area (Å²) in [6, 6.07) is 10.5. The lowest BCUT2D eigenvalue weighted by molar-refractivity contribution is 0.463. The Morgan fingerprint density at radius 3 is 2.80 bits per heavy atom. The predicted molar refractivity (Wildman–Crippen MR) is 74.3 cm³/mol. The fourth-order valence-corrected chi connectivity index (χ4v) is 1.91. The van der Waals surface area contributed by atoms with E-state index in [0.29, 0.717) is 11.1 Å². The quantitative estimate of drug-likeness (QED) is 0.700. The van der Waals surface area contributed by atoms with Gasteiger partial charge in [0.1, 0.15) is 11.6 Å². The first-order valence-corrected chi connectivity index (χ1v) is 5.94. The molecule has 0 amide bonds. The Balaban J connectivity index is 2.10. The molecule has 2 aromatic carbocycles. The number of rotatable bonds is 2. The van der Waals surface area contributed by atoms with Crippen LogP contribution in [0, 0.1) is 5.82 Å². The summed E-state index contributed by atoms with van der Waals surface area (Å²) >= 11 is 0. The van der Waals surface area contributed by atoms with Gasteiger partial charge in [0.2, 0.25) is 5.88 Å². The lowest BCUT2D eigenvalue weighted by atomic mass is 10.1. The number of phenolic OH excluding ortho intramolecular Hbond substituents is 1. The second kappa shape index (κ2) is 4.70. The third-order valence-electron chi connectivity index (χ3n) is 2.90. The van der Waals surface area contributed by atoms with Gasteiger partial charge in [-0.3, -0.25) is 0 Å². The number of anilines is 1. The lowest BCUT2D eigenvalue weighted by Gasteiger charge is -2.10. The number of aromatic hydroxyl groups is 1. The number of pyridine rings is 1. The van der Waals surface area contributed by atoms with E-state index in [-0.39, 0.29) is 17.4 Å². The average Bonchev–Trinajstić information content (AvgIpc) is 2.43. The molecule has 3 aromatic rings. The maximum atomic E-state index is 13.2. The number of hydrogen-bond donors (Lipinski definition) is 2. The first-order valence-electron chi connectivity index (χ1n) is 5.94. The smallest absolute Gasteiger partial charge is 0.227 e. The van der Waals surface area contributed by atoms with E-state index in [0.717, 1.165) is 5.39 Å². The maximum absolute atomic E-state index is 13.2. The Labute approximate surface area is 114 Å². The summed E-state index contributed by atoms with van der Waals surface area (Å²) in [7, 11) is 0. The predicted octanol–water partition coefficient (Wildman–Crippen LogP) is 3.45. The van der Waals surface area contributed by atoms with Crippen LogP contribution in [0.4, 0.5) is 10.1 Å². The number of aromatic nitrogens is 1. The fraction of sp³-hybridized carbons (Fsp3) is 0. The van der Waals surface area contributed by atoms with Gasteiger partial charge in [-0.25, -0.2) is 9.37 Å². The molecule has 0 bridgehead atoms. The van der Waals surface area contributed by atoms with Gasteiger partial charge >= 0.3 is 0 Å². The molecule has 0 saturated carbocycles. The Kier molecular flexibility index (Phi) is 2.87. The van der Waals surface area contributed by atoms with Crippen LogP contribution in [0.5, 0.6) is 17.4 Å². The molecule has 0 spiro atoms. The van der Waals surface area contributed by atoms with Crippen molar-refractivity contribution >= 4 is 16.5 Å². The van der Waals surface area contributed by atoms with Crippen molar-refractivity contribution in [3.8, 4) is 17.4 Å². The third-order valence-corrected chi connectivity index (χ3v) is 2.90. The zero-order valence-electron chi connectivity index (χ0n) is 10.4. The molecule has 3 N–H and O–H groups in total. The van der Waals surface area contributed by atoms with Crippen molar-refractivity contribution in [3.05, 3.63) is 54.5 Å². The number of ether oxygens (including phenoxy) is 1. The molecule has 0 aliphatic rings. The SMILES string of the molecule is Nc1ccc(F)cc1Oc1nccc2ccc(O)cc12. The van der Waals surface area contributed by atoms with Crippen molar-refractivity contribution in [1.29, 1.82) is 0 Å². The number of nitrogens with zero attached hydrogens (tertiary/aromatic N) is 1. The molecule has 100 valence electrons. The van der Waals surface area contributed by atoms with Gasteiger partial charge in [0, 0.05) is 17.6 Å². The van der Waals surface area contributed by atoms with Crippen molar-refractivity contribution < 1.29 is 14.2 Å². The van der Waals surface area contributed by atoms with E-state index in [1.165, 1.54) is 24.3 Å². The molecule has 3 rings (SSSR count). The number of nitrogen functional groups attached to an aromatic ring is 1. The van der Waals surface area contributed by atoms with Crippen molar-refractivity contribution in [2.24, 2.45) is 0 Å². The number of halogens is 1. The fourth-order valence-electron chi connectivity index (χ4n) is 1.91. The van der Waals surface area contributed by atoms with Gasteiger partial charge in [0.05, 0.1) is 5.69 Å². The first-order chi connectivity index (χ1) is 9.63. The van der Waals surface area contributed by atoms with E-state index in [9.17, 15) is 9.50 Å². The van der Waals surface area contributed by atoms with Gasteiger partial charge in [-0.2, -0.15) is 0 Å². The first kappa shape index (κ1) is 12.2. The Bertz CT molecular complexity index is 790. The van der Waals surface area contributed by atoms with Gasteiger partial charge < -0.3 is 15.6 Å². The number of nitrogens with two attached hydrogens (primary N) is 1. The molecule has 0 atom stereocenters. The van der Waals surface area contributed by atoms with Crippen LogP contribution in [-0.4, -0.2) is 10.1 Å². The zero-order valence-corrected chi connectivity index (χ0v) is 10.4. The Morgan fingerprint density at radius 2 is 1.95 bits per heavy atom. The third kappa shape index (κ3) is 2.21. The minimum absolute atomic E-state index is 0.0996. The summed E-state index contributed by atoms with van der Waals surface area (Å²) in [6.45, 7) is 0. The second-order valence-electron chi connectivity index (χ2n) is 4.31. The number of benzene rings is 2. The standard InChI is InChI=1S/C15H11FN2O2/c16-10-2-4-13(17)14(7-10)20-15-12-8-11(19)3-1-9(12)5-6-18-15/h1-8,19H,17H2. The van der Waals surface area contributed by atoms with Gasteiger partial charge in [-0.1, -0.05) is 6.07 Å². The van der Waals surface area contributed by atoms with Crippen molar-refractivity contribution in [3.63, 3.8) is 0 Å². The minimum Gasteiger partial charge on any atom is -0.508 e. The van der Waals surface area contributed by atoms with Crippen LogP contribution in [0.15, 0.2) is 48.7 Å². The van der Waals surface area contributed by atoms with Crippen LogP contribution in [0.3, 0.4) is 0 Å². The van der Waals surface area contributed by atoms with Gasteiger partial charge in [0.15, 0.2) is 5.75 Å². The molecule has 0 fully saturated rings. The van der Waals surface area contributed by atoms with Crippen molar-refractivity contribution in [2.45, 2.75) is 0 Å². The number of phenols is 1. The van der Waals surface area contributed by atoms with Gasteiger partial charge in [-0.05, 0) is 35.7 Å².